The fourth-order valence-corrected chi connectivity index (χ4v) is 3.62. The Morgan fingerprint density at radius 2 is 2.14 bits per heavy atom. The molecule has 0 bridgehead atoms. The third-order valence-electron chi connectivity index (χ3n) is 4.44. The summed E-state index contributed by atoms with van der Waals surface area (Å²) >= 11 is 3.55. The monoisotopic (exact) mass is 388 g/mol. The Hall–Kier alpha value is -0.580. The van der Waals surface area contributed by atoms with Crippen molar-refractivity contribution in [2.24, 2.45) is 11.7 Å². The van der Waals surface area contributed by atoms with Crippen LogP contribution in [0.3, 0.4) is 0 Å². The van der Waals surface area contributed by atoms with E-state index >= 15 is 0 Å². The van der Waals surface area contributed by atoms with Crippen molar-refractivity contribution in [1.29, 1.82) is 0 Å². The van der Waals surface area contributed by atoms with Crippen LogP contribution in [0.5, 0.6) is 0 Å². The maximum atomic E-state index is 12.5. The molecule has 0 aliphatic heterocycles. The molecule has 3 atom stereocenters. The van der Waals surface area contributed by atoms with Gasteiger partial charge in [0.05, 0.1) is 5.92 Å². The van der Waals surface area contributed by atoms with Gasteiger partial charge in [-0.2, -0.15) is 0 Å². The largest absolute Gasteiger partial charge is 0.353 e. The highest BCUT2D eigenvalue weighted by Crippen LogP contribution is 2.31. The van der Waals surface area contributed by atoms with E-state index in [-0.39, 0.29) is 35.8 Å². The summed E-state index contributed by atoms with van der Waals surface area (Å²) in [6.45, 7) is 4.06. The minimum atomic E-state index is -0.366. The molecule has 1 amide bonds. The first-order chi connectivity index (χ1) is 9.90. The standard InChI is InChI=1S/C17H25BrN2O.ClH/c1-12(11-13-7-3-4-9-15(13)18)20-16(21)14-8-5-6-10-17(14,2)19;/h3-4,7,9,12,14H,5-6,8,10-11,19H2,1-2H3,(H,20,21);1H. The van der Waals surface area contributed by atoms with E-state index < -0.39 is 0 Å². The number of hydrogen-bond donors (Lipinski definition) is 2. The summed E-state index contributed by atoms with van der Waals surface area (Å²) in [6, 6.07) is 8.24. The number of nitrogens with one attached hydrogen (secondary N) is 1. The van der Waals surface area contributed by atoms with Crippen LogP contribution in [0.15, 0.2) is 28.7 Å². The topological polar surface area (TPSA) is 55.1 Å². The molecule has 1 saturated carbocycles. The average Bonchev–Trinajstić information content (AvgIpc) is 2.40. The number of amides is 1. The van der Waals surface area contributed by atoms with E-state index in [1.54, 1.807) is 0 Å². The van der Waals surface area contributed by atoms with Gasteiger partial charge in [-0.25, -0.2) is 0 Å². The van der Waals surface area contributed by atoms with Crippen LogP contribution in [-0.4, -0.2) is 17.5 Å². The van der Waals surface area contributed by atoms with Crippen molar-refractivity contribution in [2.45, 2.75) is 57.5 Å². The lowest BCUT2D eigenvalue weighted by molar-refractivity contribution is -0.128. The van der Waals surface area contributed by atoms with Crippen molar-refractivity contribution in [3.63, 3.8) is 0 Å². The molecule has 0 heterocycles. The second-order valence-electron chi connectivity index (χ2n) is 6.51. The number of rotatable bonds is 4. The second-order valence-corrected chi connectivity index (χ2v) is 7.36. The van der Waals surface area contributed by atoms with E-state index in [4.69, 9.17) is 5.73 Å². The molecule has 0 aromatic heterocycles. The van der Waals surface area contributed by atoms with Crippen molar-refractivity contribution in [3.05, 3.63) is 34.3 Å². The zero-order valence-electron chi connectivity index (χ0n) is 13.3. The Morgan fingerprint density at radius 1 is 1.45 bits per heavy atom. The molecule has 0 radical (unpaired) electrons. The van der Waals surface area contributed by atoms with Gasteiger partial charge in [0.2, 0.25) is 5.91 Å². The van der Waals surface area contributed by atoms with Gasteiger partial charge in [-0.05, 0) is 44.7 Å². The smallest absolute Gasteiger partial charge is 0.225 e. The van der Waals surface area contributed by atoms with E-state index in [9.17, 15) is 4.79 Å². The lowest BCUT2D eigenvalue weighted by Gasteiger charge is -2.37. The second kappa shape index (κ2) is 8.32. The Kier molecular flexibility index (Phi) is 7.36. The molecular formula is C17H26BrClN2O. The van der Waals surface area contributed by atoms with Gasteiger partial charge in [-0.15, -0.1) is 12.4 Å². The molecule has 1 aliphatic carbocycles. The molecule has 22 heavy (non-hydrogen) atoms. The van der Waals surface area contributed by atoms with Gasteiger partial charge >= 0.3 is 0 Å². The maximum Gasteiger partial charge on any atom is 0.225 e. The van der Waals surface area contributed by atoms with Crippen LogP contribution < -0.4 is 11.1 Å². The fraction of sp³-hybridized carbons (Fsp3) is 0.588. The van der Waals surface area contributed by atoms with Gasteiger partial charge in [-0.1, -0.05) is 47.0 Å². The summed E-state index contributed by atoms with van der Waals surface area (Å²) in [7, 11) is 0. The van der Waals surface area contributed by atoms with Crippen LogP contribution in [-0.2, 0) is 11.2 Å². The van der Waals surface area contributed by atoms with Crippen LogP contribution in [0, 0.1) is 5.92 Å². The average molecular weight is 390 g/mol. The molecule has 1 aromatic carbocycles. The van der Waals surface area contributed by atoms with Gasteiger partial charge < -0.3 is 11.1 Å². The first-order valence-corrected chi connectivity index (χ1v) is 8.52. The quantitative estimate of drug-likeness (QED) is 0.822. The molecule has 3 unspecified atom stereocenters. The van der Waals surface area contributed by atoms with E-state index in [0.717, 1.165) is 36.6 Å². The van der Waals surface area contributed by atoms with Crippen LogP contribution in [0.1, 0.15) is 45.1 Å². The molecule has 3 N–H and O–H groups in total. The van der Waals surface area contributed by atoms with Gasteiger partial charge in [0.1, 0.15) is 0 Å². The minimum Gasteiger partial charge on any atom is -0.353 e. The lowest BCUT2D eigenvalue weighted by atomic mass is 9.74. The molecule has 1 aromatic rings. The molecule has 2 rings (SSSR count). The molecule has 0 spiro atoms. The van der Waals surface area contributed by atoms with E-state index in [0.29, 0.717) is 0 Å². The fourth-order valence-electron chi connectivity index (χ4n) is 3.18. The number of hydrogen-bond acceptors (Lipinski definition) is 2. The number of nitrogens with two attached hydrogens (primary N) is 1. The van der Waals surface area contributed by atoms with Gasteiger partial charge in [0, 0.05) is 16.1 Å². The van der Waals surface area contributed by atoms with Crippen molar-refractivity contribution in [2.75, 3.05) is 0 Å². The Bertz CT molecular complexity index is 507. The lowest BCUT2D eigenvalue weighted by Crippen LogP contribution is -2.54. The summed E-state index contributed by atoms with van der Waals surface area (Å²) in [6.07, 6.45) is 4.89. The Labute approximate surface area is 148 Å². The van der Waals surface area contributed by atoms with Gasteiger partial charge in [-0.3, -0.25) is 4.79 Å². The number of carbonyl (C=O) groups is 1. The summed E-state index contributed by atoms with van der Waals surface area (Å²) in [5.41, 5.74) is 7.15. The van der Waals surface area contributed by atoms with Crippen molar-refractivity contribution < 1.29 is 4.79 Å². The first-order valence-electron chi connectivity index (χ1n) is 7.73. The van der Waals surface area contributed by atoms with Crippen LogP contribution in [0.4, 0.5) is 0 Å². The molecular weight excluding hydrogens is 364 g/mol. The van der Waals surface area contributed by atoms with Gasteiger partial charge in [0.25, 0.3) is 0 Å². The van der Waals surface area contributed by atoms with Crippen molar-refractivity contribution in [1.82, 2.24) is 5.32 Å². The molecule has 1 aliphatic rings. The minimum absolute atomic E-state index is 0. The van der Waals surface area contributed by atoms with Crippen LogP contribution in [0.25, 0.3) is 0 Å². The molecule has 0 saturated heterocycles. The molecule has 3 nitrogen and oxygen atoms in total. The SMILES string of the molecule is CC(Cc1ccccc1Br)NC(=O)C1CCCCC1(C)N.Cl. The highest BCUT2D eigenvalue weighted by atomic mass is 79.9. The normalized spacial score (nSPS) is 25.9. The van der Waals surface area contributed by atoms with E-state index in [1.807, 2.05) is 32.0 Å². The predicted octanol–water partition coefficient (Wildman–Crippen LogP) is 3.83. The highest BCUT2D eigenvalue weighted by Gasteiger charge is 2.37. The highest BCUT2D eigenvalue weighted by molar-refractivity contribution is 9.10. The summed E-state index contributed by atoms with van der Waals surface area (Å²) in [4.78, 5) is 12.5. The summed E-state index contributed by atoms with van der Waals surface area (Å²) in [5, 5.41) is 3.14. The predicted molar refractivity (Wildman–Crippen MR) is 97.2 cm³/mol. The number of carbonyl (C=O) groups excluding carboxylic acids is 1. The maximum absolute atomic E-state index is 12.5. The van der Waals surface area contributed by atoms with E-state index in [2.05, 4.69) is 27.3 Å². The third-order valence-corrected chi connectivity index (χ3v) is 5.22. The first kappa shape index (κ1) is 19.5. The Balaban J connectivity index is 0.00000242. The summed E-state index contributed by atoms with van der Waals surface area (Å²) in [5.74, 6) is 0.0483. The van der Waals surface area contributed by atoms with Crippen LogP contribution in [0.2, 0.25) is 0 Å². The van der Waals surface area contributed by atoms with Gasteiger partial charge in [0.15, 0.2) is 0 Å². The zero-order chi connectivity index (χ0) is 15.5. The number of halogens is 2. The zero-order valence-corrected chi connectivity index (χ0v) is 15.7. The number of benzene rings is 1. The summed E-state index contributed by atoms with van der Waals surface area (Å²) < 4.78 is 1.09. The van der Waals surface area contributed by atoms with Crippen LogP contribution >= 0.6 is 28.3 Å². The molecule has 124 valence electrons. The molecule has 1 fully saturated rings. The van der Waals surface area contributed by atoms with E-state index in [1.165, 1.54) is 5.56 Å². The van der Waals surface area contributed by atoms with Crippen molar-refractivity contribution in [3.8, 4) is 0 Å². The van der Waals surface area contributed by atoms with Crippen molar-refractivity contribution >= 4 is 34.2 Å². The molecule has 5 heteroatoms. The third kappa shape index (κ3) is 4.97. The Morgan fingerprint density at radius 3 is 2.77 bits per heavy atom.